The standard InChI is InChI=1S/C20H22N2O4/c1-14(23)18(12-15-8-4-3-5-9-15)22-19(24)13-26-20(25)16-10-6-7-11-17(16)21-2/h3-11,18,21H,12-13H2,1-2H3,(H,22,24)/t18-/m0/s1. The zero-order chi connectivity index (χ0) is 18.9. The predicted octanol–water partition coefficient (Wildman–Crippen LogP) is 2.20. The highest BCUT2D eigenvalue weighted by atomic mass is 16.5. The Bertz CT molecular complexity index is 774. The van der Waals surface area contributed by atoms with Crippen molar-refractivity contribution in [2.45, 2.75) is 19.4 Å². The van der Waals surface area contributed by atoms with Crippen LogP contribution in [0.5, 0.6) is 0 Å². The molecule has 0 unspecified atom stereocenters. The molecule has 6 heteroatoms. The summed E-state index contributed by atoms with van der Waals surface area (Å²) in [6.07, 6.45) is 0.387. The number of carbonyl (C=O) groups is 3. The Balaban J connectivity index is 1.92. The lowest BCUT2D eigenvalue weighted by Crippen LogP contribution is -2.43. The Hall–Kier alpha value is -3.15. The largest absolute Gasteiger partial charge is 0.452 e. The van der Waals surface area contributed by atoms with E-state index in [1.165, 1.54) is 6.92 Å². The third kappa shape index (κ3) is 5.44. The van der Waals surface area contributed by atoms with Gasteiger partial charge < -0.3 is 15.4 Å². The van der Waals surface area contributed by atoms with Crippen LogP contribution in [0, 0.1) is 0 Å². The summed E-state index contributed by atoms with van der Waals surface area (Å²) in [7, 11) is 1.69. The van der Waals surface area contributed by atoms with Crippen LogP contribution in [-0.4, -0.2) is 37.4 Å². The number of ether oxygens (including phenoxy) is 1. The molecule has 1 atom stereocenters. The van der Waals surface area contributed by atoms with Gasteiger partial charge in [0.2, 0.25) is 0 Å². The van der Waals surface area contributed by atoms with E-state index in [1.54, 1.807) is 31.3 Å². The molecule has 0 aromatic heterocycles. The van der Waals surface area contributed by atoms with Gasteiger partial charge in [0.1, 0.15) is 0 Å². The fourth-order valence-electron chi connectivity index (χ4n) is 2.47. The highest BCUT2D eigenvalue weighted by Gasteiger charge is 2.19. The molecular formula is C20H22N2O4. The van der Waals surface area contributed by atoms with Gasteiger partial charge in [-0.1, -0.05) is 42.5 Å². The number of hydrogen-bond acceptors (Lipinski definition) is 5. The second-order valence-corrected chi connectivity index (χ2v) is 5.79. The highest BCUT2D eigenvalue weighted by molar-refractivity contribution is 5.97. The zero-order valence-electron chi connectivity index (χ0n) is 14.8. The summed E-state index contributed by atoms with van der Waals surface area (Å²) in [5.74, 6) is -1.28. The van der Waals surface area contributed by atoms with Crippen molar-refractivity contribution in [3.05, 3.63) is 65.7 Å². The number of carbonyl (C=O) groups excluding carboxylic acids is 3. The van der Waals surface area contributed by atoms with E-state index in [1.807, 2.05) is 30.3 Å². The van der Waals surface area contributed by atoms with Gasteiger partial charge in [0.15, 0.2) is 12.4 Å². The van der Waals surface area contributed by atoms with Crippen molar-refractivity contribution in [1.82, 2.24) is 5.32 Å². The maximum Gasteiger partial charge on any atom is 0.340 e. The van der Waals surface area contributed by atoms with Crippen LogP contribution in [0.25, 0.3) is 0 Å². The van der Waals surface area contributed by atoms with Crippen LogP contribution in [-0.2, 0) is 20.7 Å². The van der Waals surface area contributed by atoms with Crippen molar-refractivity contribution in [2.24, 2.45) is 0 Å². The predicted molar refractivity (Wildman–Crippen MR) is 99.0 cm³/mol. The molecular weight excluding hydrogens is 332 g/mol. The fraction of sp³-hybridized carbons (Fsp3) is 0.250. The van der Waals surface area contributed by atoms with Crippen molar-refractivity contribution >= 4 is 23.3 Å². The van der Waals surface area contributed by atoms with Crippen LogP contribution in [0.4, 0.5) is 5.69 Å². The van der Waals surface area contributed by atoms with Crippen LogP contribution in [0.3, 0.4) is 0 Å². The average molecular weight is 354 g/mol. The highest BCUT2D eigenvalue weighted by Crippen LogP contribution is 2.15. The van der Waals surface area contributed by atoms with E-state index in [2.05, 4.69) is 10.6 Å². The number of ketones is 1. The van der Waals surface area contributed by atoms with Crippen LogP contribution in [0.1, 0.15) is 22.8 Å². The summed E-state index contributed by atoms with van der Waals surface area (Å²) in [4.78, 5) is 36.0. The smallest absolute Gasteiger partial charge is 0.340 e. The van der Waals surface area contributed by atoms with E-state index in [0.717, 1.165) is 5.56 Å². The third-order valence-corrected chi connectivity index (χ3v) is 3.86. The summed E-state index contributed by atoms with van der Waals surface area (Å²) in [6, 6.07) is 15.6. The Morgan fingerprint density at radius 2 is 1.65 bits per heavy atom. The Labute approximate surface area is 152 Å². The van der Waals surface area contributed by atoms with Crippen LogP contribution in [0.2, 0.25) is 0 Å². The minimum Gasteiger partial charge on any atom is -0.452 e. The zero-order valence-corrected chi connectivity index (χ0v) is 14.8. The maximum absolute atomic E-state index is 12.1. The number of rotatable bonds is 8. The molecule has 0 aliphatic heterocycles. The lowest BCUT2D eigenvalue weighted by molar-refractivity contribution is -0.128. The molecule has 2 N–H and O–H groups in total. The quantitative estimate of drug-likeness (QED) is 0.710. The van der Waals surface area contributed by atoms with Crippen molar-refractivity contribution in [1.29, 1.82) is 0 Å². The van der Waals surface area contributed by atoms with Gasteiger partial charge in [-0.25, -0.2) is 4.79 Å². The van der Waals surface area contributed by atoms with E-state index in [9.17, 15) is 14.4 Å². The molecule has 0 fully saturated rings. The van der Waals surface area contributed by atoms with Gasteiger partial charge >= 0.3 is 5.97 Å². The minimum absolute atomic E-state index is 0.158. The van der Waals surface area contributed by atoms with E-state index in [0.29, 0.717) is 17.7 Å². The van der Waals surface area contributed by atoms with Gasteiger partial charge in [-0.05, 0) is 31.0 Å². The van der Waals surface area contributed by atoms with Gasteiger partial charge in [0.25, 0.3) is 5.91 Å². The Kier molecular flexibility index (Phi) is 6.91. The molecule has 1 amide bonds. The first-order valence-corrected chi connectivity index (χ1v) is 8.29. The van der Waals surface area contributed by atoms with Gasteiger partial charge in [-0.3, -0.25) is 9.59 Å². The normalized spacial score (nSPS) is 11.3. The van der Waals surface area contributed by atoms with Gasteiger partial charge in [-0.15, -0.1) is 0 Å². The summed E-state index contributed by atoms with van der Waals surface area (Å²) in [5, 5.41) is 5.51. The molecule has 0 aliphatic carbocycles. The summed E-state index contributed by atoms with van der Waals surface area (Å²) < 4.78 is 5.06. The molecule has 2 aromatic carbocycles. The molecule has 0 saturated carbocycles. The lowest BCUT2D eigenvalue weighted by Gasteiger charge is -2.16. The molecule has 0 aliphatic rings. The molecule has 136 valence electrons. The number of benzene rings is 2. The Morgan fingerprint density at radius 3 is 2.31 bits per heavy atom. The second kappa shape index (κ2) is 9.36. The molecule has 6 nitrogen and oxygen atoms in total. The van der Waals surface area contributed by atoms with Gasteiger partial charge in [-0.2, -0.15) is 0 Å². The maximum atomic E-state index is 12.1. The van der Waals surface area contributed by atoms with Crippen LogP contribution >= 0.6 is 0 Å². The van der Waals surface area contributed by atoms with Crippen LogP contribution in [0.15, 0.2) is 54.6 Å². The minimum atomic E-state index is -0.659. The Morgan fingerprint density at radius 1 is 1.00 bits per heavy atom. The topological polar surface area (TPSA) is 84.5 Å². The average Bonchev–Trinajstić information content (AvgIpc) is 2.66. The number of para-hydroxylation sites is 1. The van der Waals surface area contributed by atoms with Crippen molar-refractivity contribution in [3.63, 3.8) is 0 Å². The molecule has 2 rings (SSSR count). The number of Topliss-reactive ketones (excluding diaryl/α,β-unsaturated/α-hetero) is 1. The number of hydrogen-bond donors (Lipinski definition) is 2. The molecule has 2 aromatic rings. The van der Waals surface area contributed by atoms with Gasteiger partial charge in [0.05, 0.1) is 11.6 Å². The summed E-state index contributed by atoms with van der Waals surface area (Å²) in [5.41, 5.74) is 1.90. The summed E-state index contributed by atoms with van der Waals surface area (Å²) in [6.45, 7) is 0.971. The third-order valence-electron chi connectivity index (χ3n) is 3.86. The van der Waals surface area contributed by atoms with Crippen LogP contribution < -0.4 is 10.6 Å². The molecule has 0 heterocycles. The van der Waals surface area contributed by atoms with E-state index in [-0.39, 0.29) is 5.78 Å². The van der Waals surface area contributed by atoms with E-state index in [4.69, 9.17) is 4.74 Å². The monoisotopic (exact) mass is 354 g/mol. The molecule has 26 heavy (non-hydrogen) atoms. The van der Waals surface area contributed by atoms with Crippen molar-refractivity contribution < 1.29 is 19.1 Å². The molecule has 0 spiro atoms. The van der Waals surface area contributed by atoms with E-state index < -0.39 is 24.5 Å². The fourth-order valence-corrected chi connectivity index (χ4v) is 2.47. The van der Waals surface area contributed by atoms with Crippen molar-refractivity contribution in [3.8, 4) is 0 Å². The number of nitrogens with one attached hydrogen (secondary N) is 2. The van der Waals surface area contributed by atoms with E-state index >= 15 is 0 Å². The number of amides is 1. The second-order valence-electron chi connectivity index (χ2n) is 5.79. The molecule has 0 radical (unpaired) electrons. The van der Waals surface area contributed by atoms with Crippen molar-refractivity contribution in [2.75, 3.05) is 19.0 Å². The SMILES string of the molecule is CNc1ccccc1C(=O)OCC(=O)N[C@@H](Cc1ccccc1)C(C)=O. The first-order valence-electron chi connectivity index (χ1n) is 8.29. The molecule has 0 saturated heterocycles. The van der Waals surface area contributed by atoms with Gasteiger partial charge in [0, 0.05) is 12.7 Å². The number of anilines is 1. The lowest BCUT2D eigenvalue weighted by atomic mass is 10.0. The number of esters is 1. The molecule has 0 bridgehead atoms. The first-order chi connectivity index (χ1) is 12.5. The summed E-state index contributed by atoms with van der Waals surface area (Å²) >= 11 is 0. The first kappa shape index (κ1) is 19.2.